The third-order valence-electron chi connectivity index (χ3n) is 2.96. The van der Waals surface area contributed by atoms with Crippen molar-refractivity contribution in [1.82, 2.24) is 14.6 Å². The van der Waals surface area contributed by atoms with Gasteiger partial charge in [0.05, 0.1) is 20.1 Å². The molecule has 0 saturated carbocycles. The number of nitro groups is 1. The molecule has 0 fully saturated rings. The minimum absolute atomic E-state index is 0.0891. The molecule has 3 rings (SSSR count). The van der Waals surface area contributed by atoms with Crippen molar-refractivity contribution in [2.45, 2.75) is 0 Å². The standard InChI is InChI=1S/C13H7BrClN5O3/c14-10-11(18-19-5-1-4-16-12(10)19)13(21)17-9-6-7(20(22)23)2-3-8(9)15/h1-6H,(H,17,21). The summed E-state index contributed by atoms with van der Waals surface area (Å²) < 4.78 is 1.85. The van der Waals surface area contributed by atoms with Gasteiger partial charge in [-0.3, -0.25) is 14.9 Å². The summed E-state index contributed by atoms with van der Waals surface area (Å²) in [6.07, 6.45) is 3.21. The Morgan fingerprint density at radius 1 is 1.43 bits per heavy atom. The Bertz CT molecular complexity index is 943. The second kappa shape index (κ2) is 5.94. The first-order valence-electron chi connectivity index (χ1n) is 6.21. The van der Waals surface area contributed by atoms with Crippen LogP contribution in [-0.2, 0) is 0 Å². The topological polar surface area (TPSA) is 102 Å². The zero-order valence-corrected chi connectivity index (χ0v) is 13.6. The highest BCUT2D eigenvalue weighted by molar-refractivity contribution is 9.10. The summed E-state index contributed by atoms with van der Waals surface area (Å²) in [7, 11) is 0. The van der Waals surface area contributed by atoms with E-state index < -0.39 is 10.8 Å². The Labute approximate surface area is 142 Å². The molecule has 2 heterocycles. The Morgan fingerprint density at radius 3 is 2.91 bits per heavy atom. The monoisotopic (exact) mass is 395 g/mol. The van der Waals surface area contributed by atoms with Gasteiger partial charge >= 0.3 is 0 Å². The van der Waals surface area contributed by atoms with Crippen molar-refractivity contribution in [3.05, 3.63) is 62.0 Å². The van der Waals surface area contributed by atoms with Crippen LogP contribution in [0.3, 0.4) is 0 Å². The fourth-order valence-electron chi connectivity index (χ4n) is 1.91. The van der Waals surface area contributed by atoms with Crippen LogP contribution < -0.4 is 5.32 Å². The minimum Gasteiger partial charge on any atom is -0.319 e. The summed E-state index contributed by atoms with van der Waals surface area (Å²) in [5.74, 6) is -0.565. The molecule has 1 N–H and O–H groups in total. The lowest BCUT2D eigenvalue weighted by molar-refractivity contribution is -0.384. The fourth-order valence-corrected chi connectivity index (χ4v) is 2.62. The summed E-state index contributed by atoms with van der Waals surface area (Å²) in [6.45, 7) is 0. The molecule has 2 aromatic heterocycles. The molecule has 0 aliphatic heterocycles. The van der Waals surface area contributed by atoms with Gasteiger partial charge in [0.1, 0.15) is 0 Å². The lowest BCUT2D eigenvalue weighted by Crippen LogP contribution is -2.13. The van der Waals surface area contributed by atoms with Crippen molar-refractivity contribution >= 4 is 50.5 Å². The number of anilines is 1. The number of carbonyl (C=O) groups is 1. The van der Waals surface area contributed by atoms with E-state index in [-0.39, 0.29) is 22.1 Å². The summed E-state index contributed by atoms with van der Waals surface area (Å²) in [5, 5.41) is 17.6. The van der Waals surface area contributed by atoms with E-state index in [0.717, 1.165) is 0 Å². The zero-order valence-electron chi connectivity index (χ0n) is 11.2. The van der Waals surface area contributed by atoms with Crippen LogP contribution in [0.2, 0.25) is 5.02 Å². The van der Waals surface area contributed by atoms with Gasteiger partial charge < -0.3 is 5.32 Å². The molecule has 0 unspecified atom stereocenters. The number of amides is 1. The van der Waals surface area contributed by atoms with Gasteiger partial charge in [-0.1, -0.05) is 11.6 Å². The molecule has 0 saturated heterocycles. The van der Waals surface area contributed by atoms with Crippen molar-refractivity contribution in [3.63, 3.8) is 0 Å². The Kier molecular flexibility index (Phi) is 3.97. The molecule has 0 spiro atoms. The van der Waals surface area contributed by atoms with E-state index in [9.17, 15) is 14.9 Å². The molecular formula is C13H7BrClN5O3. The normalized spacial score (nSPS) is 10.7. The molecule has 1 amide bonds. The van der Waals surface area contributed by atoms with Gasteiger partial charge in [-0.15, -0.1) is 0 Å². The highest BCUT2D eigenvalue weighted by Crippen LogP contribution is 2.28. The van der Waals surface area contributed by atoms with E-state index in [0.29, 0.717) is 10.1 Å². The van der Waals surface area contributed by atoms with Crippen LogP contribution in [0.15, 0.2) is 41.1 Å². The quantitative estimate of drug-likeness (QED) is 0.540. The number of non-ortho nitro benzene ring substituents is 1. The Morgan fingerprint density at radius 2 is 2.22 bits per heavy atom. The van der Waals surface area contributed by atoms with E-state index >= 15 is 0 Å². The second-order valence-corrected chi connectivity index (χ2v) is 5.63. The second-order valence-electron chi connectivity index (χ2n) is 4.43. The van der Waals surface area contributed by atoms with Gasteiger partial charge in [-0.25, -0.2) is 9.50 Å². The zero-order chi connectivity index (χ0) is 16.6. The Balaban J connectivity index is 1.96. The van der Waals surface area contributed by atoms with E-state index in [4.69, 9.17) is 11.6 Å². The molecule has 0 aliphatic rings. The van der Waals surface area contributed by atoms with Gasteiger partial charge in [-0.2, -0.15) is 5.10 Å². The van der Waals surface area contributed by atoms with E-state index in [1.54, 1.807) is 18.5 Å². The predicted molar refractivity (Wildman–Crippen MR) is 86.7 cm³/mol. The largest absolute Gasteiger partial charge is 0.319 e. The van der Waals surface area contributed by atoms with E-state index in [1.165, 1.54) is 22.7 Å². The number of nitrogens with zero attached hydrogens (tertiary/aromatic N) is 4. The summed E-state index contributed by atoms with van der Waals surface area (Å²) in [4.78, 5) is 26.7. The number of fused-ring (bicyclic) bond motifs is 1. The van der Waals surface area contributed by atoms with Crippen LogP contribution in [0.25, 0.3) is 5.65 Å². The van der Waals surface area contributed by atoms with Crippen LogP contribution in [-0.4, -0.2) is 25.4 Å². The molecule has 0 atom stereocenters. The molecule has 23 heavy (non-hydrogen) atoms. The summed E-state index contributed by atoms with van der Waals surface area (Å²) in [5.41, 5.74) is 0.511. The number of nitrogens with one attached hydrogen (secondary N) is 1. The van der Waals surface area contributed by atoms with Crippen LogP contribution in [0.5, 0.6) is 0 Å². The average Bonchev–Trinajstić information content (AvgIpc) is 2.87. The first kappa shape index (κ1) is 15.4. The van der Waals surface area contributed by atoms with Gasteiger partial charge in [0.2, 0.25) is 0 Å². The third kappa shape index (κ3) is 2.88. The number of rotatable bonds is 3. The maximum atomic E-state index is 12.4. The average molecular weight is 397 g/mol. The molecule has 1 aromatic carbocycles. The van der Waals surface area contributed by atoms with E-state index in [2.05, 4.69) is 31.3 Å². The van der Waals surface area contributed by atoms with Gasteiger partial charge in [0.25, 0.3) is 11.6 Å². The third-order valence-corrected chi connectivity index (χ3v) is 4.02. The number of hydrogen-bond donors (Lipinski definition) is 1. The van der Waals surface area contributed by atoms with Crippen molar-refractivity contribution in [3.8, 4) is 0 Å². The smallest absolute Gasteiger partial charge is 0.277 e. The lowest BCUT2D eigenvalue weighted by atomic mass is 10.2. The van der Waals surface area contributed by atoms with Crippen LogP contribution in [0.4, 0.5) is 11.4 Å². The molecule has 116 valence electrons. The molecule has 3 aromatic rings. The molecule has 0 radical (unpaired) electrons. The van der Waals surface area contributed by atoms with Gasteiger partial charge in [-0.05, 0) is 28.1 Å². The van der Waals surface area contributed by atoms with Crippen molar-refractivity contribution in [2.75, 3.05) is 5.32 Å². The van der Waals surface area contributed by atoms with Crippen molar-refractivity contribution in [2.24, 2.45) is 0 Å². The van der Waals surface area contributed by atoms with Gasteiger partial charge in [0, 0.05) is 24.5 Å². The molecular weight excluding hydrogens is 390 g/mol. The first-order valence-corrected chi connectivity index (χ1v) is 7.38. The van der Waals surface area contributed by atoms with Crippen LogP contribution in [0.1, 0.15) is 10.5 Å². The van der Waals surface area contributed by atoms with E-state index in [1.807, 2.05) is 0 Å². The maximum Gasteiger partial charge on any atom is 0.277 e. The number of hydrogen-bond acceptors (Lipinski definition) is 5. The maximum absolute atomic E-state index is 12.4. The minimum atomic E-state index is -0.573. The van der Waals surface area contributed by atoms with Crippen molar-refractivity contribution in [1.29, 1.82) is 0 Å². The first-order chi connectivity index (χ1) is 11.0. The lowest BCUT2D eigenvalue weighted by Gasteiger charge is -2.05. The number of nitro benzene ring substituents is 1. The highest BCUT2D eigenvalue weighted by Gasteiger charge is 2.20. The highest BCUT2D eigenvalue weighted by atomic mass is 79.9. The predicted octanol–water partition coefficient (Wildman–Crippen LogP) is 3.31. The van der Waals surface area contributed by atoms with Gasteiger partial charge in [0.15, 0.2) is 11.3 Å². The number of halogens is 2. The Hall–Kier alpha value is -2.52. The van der Waals surface area contributed by atoms with Crippen LogP contribution >= 0.6 is 27.5 Å². The number of carbonyl (C=O) groups excluding carboxylic acids is 1. The molecule has 0 aliphatic carbocycles. The SMILES string of the molecule is O=C(Nc1cc([N+](=O)[O-])ccc1Cl)c1nn2cccnc2c1Br. The van der Waals surface area contributed by atoms with Crippen LogP contribution in [0, 0.1) is 10.1 Å². The van der Waals surface area contributed by atoms with Crippen molar-refractivity contribution < 1.29 is 9.72 Å². The molecule has 10 heteroatoms. The molecule has 0 bridgehead atoms. The summed E-state index contributed by atoms with van der Waals surface area (Å²) >= 11 is 9.24. The molecule has 8 nitrogen and oxygen atoms in total. The summed E-state index contributed by atoms with van der Waals surface area (Å²) in [6, 6.07) is 5.45. The number of benzene rings is 1. The number of aromatic nitrogens is 3. The fraction of sp³-hybridized carbons (Fsp3) is 0.